The Bertz CT molecular complexity index is 684. The summed E-state index contributed by atoms with van der Waals surface area (Å²) in [6.07, 6.45) is 4.93. The van der Waals surface area contributed by atoms with Crippen LogP contribution >= 0.6 is 0 Å². The van der Waals surface area contributed by atoms with Gasteiger partial charge in [-0.1, -0.05) is 19.4 Å². The van der Waals surface area contributed by atoms with Crippen LogP contribution in [0.1, 0.15) is 58.8 Å². The molecule has 3 N–H and O–H groups in total. The van der Waals surface area contributed by atoms with Gasteiger partial charge in [-0.2, -0.15) is 0 Å². The van der Waals surface area contributed by atoms with Crippen LogP contribution in [0.2, 0.25) is 0 Å². The molecule has 0 aromatic heterocycles. The minimum absolute atomic E-state index is 0.0951. The van der Waals surface area contributed by atoms with Crippen molar-refractivity contribution in [3.05, 3.63) is 11.6 Å². The van der Waals surface area contributed by atoms with E-state index in [9.17, 15) is 24.9 Å². The van der Waals surface area contributed by atoms with Gasteiger partial charge in [-0.3, -0.25) is 9.59 Å². The van der Waals surface area contributed by atoms with E-state index in [0.29, 0.717) is 12.8 Å². The molecule has 5 heteroatoms. The lowest BCUT2D eigenvalue weighted by molar-refractivity contribution is -0.187. The highest BCUT2D eigenvalue weighted by molar-refractivity contribution is 5.93. The molecule has 144 valence electrons. The van der Waals surface area contributed by atoms with Crippen LogP contribution in [0.15, 0.2) is 11.6 Å². The minimum atomic E-state index is -1.41. The number of hydrogen-bond donors (Lipinski definition) is 3. The molecule has 26 heavy (non-hydrogen) atoms. The van der Waals surface area contributed by atoms with Crippen molar-refractivity contribution < 1.29 is 24.9 Å². The first kappa shape index (κ1) is 18.3. The molecule has 0 aromatic carbocycles. The second kappa shape index (κ2) is 5.73. The molecule has 5 nitrogen and oxygen atoms in total. The van der Waals surface area contributed by atoms with E-state index in [1.165, 1.54) is 0 Å². The maximum absolute atomic E-state index is 13.3. The fourth-order valence-electron chi connectivity index (χ4n) is 7.12. The second-order valence-electron chi connectivity index (χ2n) is 9.56. The van der Waals surface area contributed by atoms with E-state index >= 15 is 0 Å². The molecule has 0 aliphatic heterocycles. The summed E-state index contributed by atoms with van der Waals surface area (Å²) in [5.74, 6) is 0.568. The van der Waals surface area contributed by atoms with Crippen molar-refractivity contribution in [3.63, 3.8) is 0 Å². The molecule has 0 bridgehead atoms. The first-order valence-corrected chi connectivity index (χ1v) is 9.95. The van der Waals surface area contributed by atoms with Crippen molar-refractivity contribution in [2.45, 2.75) is 70.5 Å². The quantitative estimate of drug-likeness (QED) is 0.696. The first-order valence-electron chi connectivity index (χ1n) is 9.95. The third-order valence-corrected chi connectivity index (χ3v) is 8.59. The van der Waals surface area contributed by atoms with Gasteiger partial charge in [-0.05, 0) is 55.4 Å². The zero-order valence-corrected chi connectivity index (χ0v) is 15.7. The average molecular weight is 362 g/mol. The molecule has 0 amide bonds. The van der Waals surface area contributed by atoms with Crippen LogP contribution in [0.3, 0.4) is 0 Å². The summed E-state index contributed by atoms with van der Waals surface area (Å²) in [7, 11) is 0. The largest absolute Gasteiger partial charge is 0.394 e. The zero-order valence-electron chi connectivity index (χ0n) is 15.7. The number of aliphatic hydroxyl groups excluding tert-OH is 2. The van der Waals surface area contributed by atoms with Crippen molar-refractivity contribution in [1.29, 1.82) is 0 Å². The number of rotatable bonds is 2. The van der Waals surface area contributed by atoms with E-state index in [2.05, 4.69) is 6.92 Å². The van der Waals surface area contributed by atoms with E-state index in [0.717, 1.165) is 31.3 Å². The lowest BCUT2D eigenvalue weighted by Crippen LogP contribution is -2.62. The van der Waals surface area contributed by atoms with E-state index in [-0.39, 0.29) is 41.2 Å². The van der Waals surface area contributed by atoms with Gasteiger partial charge >= 0.3 is 0 Å². The lowest BCUT2D eigenvalue weighted by atomic mass is 9.45. The monoisotopic (exact) mass is 362 g/mol. The van der Waals surface area contributed by atoms with Gasteiger partial charge in [0.25, 0.3) is 0 Å². The Kier molecular flexibility index (Phi) is 4.04. The van der Waals surface area contributed by atoms with E-state index < -0.39 is 23.7 Å². The molecule has 0 aromatic rings. The SMILES string of the molecule is C[C@]12CCC(=O)C=C1CC[C@H]1[C@H]2C(=O)C[C@]2(C)[C@@H]1CC[C@@]2(O)[C@H](O)CO. The summed E-state index contributed by atoms with van der Waals surface area (Å²) < 4.78 is 0. The van der Waals surface area contributed by atoms with E-state index in [1.54, 1.807) is 6.08 Å². The van der Waals surface area contributed by atoms with Crippen LogP contribution in [0.25, 0.3) is 0 Å². The summed E-state index contributed by atoms with van der Waals surface area (Å²) in [5.41, 5.74) is -1.22. The smallest absolute Gasteiger partial charge is 0.155 e. The van der Waals surface area contributed by atoms with Gasteiger partial charge in [0.2, 0.25) is 0 Å². The molecule has 0 heterocycles. The van der Waals surface area contributed by atoms with Gasteiger partial charge in [-0.25, -0.2) is 0 Å². The van der Waals surface area contributed by atoms with Gasteiger partial charge in [0, 0.05) is 24.2 Å². The van der Waals surface area contributed by atoms with Gasteiger partial charge in [0.05, 0.1) is 12.2 Å². The van der Waals surface area contributed by atoms with Crippen molar-refractivity contribution >= 4 is 11.6 Å². The predicted molar refractivity (Wildman–Crippen MR) is 95.1 cm³/mol. The van der Waals surface area contributed by atoms with Crippen molar-refractivity contribution in [1.82, 2.24) is 0 Å². The number of aliphatic hydroxyl groups is 3. The summed E-state index contributed by atoms with van der Waals surface area (Å²) in [5, 5.41) is 31.0. The molecule has 3 fully saturated rings. The van der Waals surface area contributed by atoms with Crippen LogP contribution in [0, 0.1) is 28.6 Å². The maximum Gasteiger partial charge on any atom is 0.155 e. The molecule has 7 atom stereocenters. The van der Waals surface area contributed by atoms with Gasteiger partial charge in [-0.15, -0.1) is 0 Å². The number of fused-ring (bicyclic) bond motifs is 5. The van der Waals surface area contributed by atoms with Crippen LogP contribution in [0.5, 0.6) is 0 Å². The second-order valence-corrected chi connectivity index (χ2v) is 9.56. The third-order valence-electron chi connectivity index (χ3n) is 8.59. The number of carbonyl (C=O) groups is 2. The number of ketones is 2. The number of hydrogen-bond acceptors (Lipinski definition) is 5. The van der Waals surface area contributed by atoms with Crippen LogP contribution in [-0.2, 0) is 9.59 Å². The molecule has 0 saturated heterocycles. The highest BCUT2D eigenvalue weighted by Gasteiger charge is 2.68. The summed E-state index contributed by atoms with van der Waals surface area (Å²) in [6.45, 7) is 3.58. The van der Waals surface area contributed by atoms with Crippen molar-refractivity contribution in [2.24, 2.45) is 28.6 Å². The zero-order chi connectivity index (χ0) is 18.9. The first-order chi connectivity index (χ1) is 12.2. The number of Topliss-reactive ketones (excluding diaryl/α,β-unsaturated/α-hetero) is 1. The Morgan fingerprint density at radius 3 is 2.62 bits per heavy atom. The topological polar surface area (TPSA) is 94.8 Å². The van der Waals surface area contributed by atoms with Gasteiger partial charge in [0.15, 0.2) is 5.78 Å². The highest BCUT2D eigenvalue weighted by atomic mass is 16.4. The minimum Gasteiger partial charge on any atom is -0.394 e. The summed E-state index contributed by atoms with van der Waals surface area (Å²) in [6, 6.07) is 0. The molecule has 4 aliphatic carbocycles. The Hall–Kier alpha value is -1.04. The number of carbonyl (C=O) groups excluding carboxylic acids is 2. The molecule has 0 radical (unpaired) electrons. The Morgan fingerprint density at radius 1 is 1.19 bits per heavy atom. The molecular weight excluding hydrogens is 332 g/mol. The Labute approximate surface area is 154 Å². The maximum atomic E-state index is 13.3. The summed E-state index contributed by atoms with van der Waals surface area (Å²) in [4.78, 5) is 25.2. The van der Waals surface area contributed by atoms with Crippen molar-refractivity contribution in [3.8, 4) is 0 Å². The van der Waals surface area contributed by atoms with Gasteiger partial charge < -0.3 is 15.3 Å². The number of allylic oxidation sites excluding steroid dienone is 1. The predicted octanol–water partition coefficient (Wildman–Crippen LogP) is 1.78. The fraction of sp³-hybridized carbons (Fsp3) is 0.810. The van der Waals surface area contributed by atoms with E-state index in [4.69, 9.17) is 0 Å². The molecular formula is C21H30O5. The van der Waals surface area contributed by atoms with Gasteiger partial charge in [0.1, 0.15) is 11.9 Å². The average Bonchev–Trinajstić information content (AvgIpc) is 2.86. The molecule has 3 saturated carbocycles. The standard InChI is InChI=1S/C21H30O5/c1-19-7-5-13(23)9-12(19)3-4-14-15-6-8-21(26,17(25)11-22)20(15,2)10-16(24)18(14)19/h9,14-15,17-18,22,25-26H,3-8,10-11H2,1-2H3/t14-,15-,17-,18+,19+,20-,21-/m1/s1. The molecule has 0 unspecified atom stereocenters. The third kappa shape index (κ3) is 2.14. The normalized spacial score (nSPS) is 49.1. The fourth-order valence-corrected chi connectivity index (χ4v) is 7.12. The Morgan fingerprint density at radius 2 is 1.92 bits per heavy atom. The van der Waals surface area contributed by atoms with Crippen LogP contribution < -0.4 is 0 Å². The van der Waals surface area contributed by atoms with Crippen LogP contribution in [-0.4, -0.2) is 45.2 Å². The summed E-state index contributed by atoms with van der Waals surface area (Å²) >= 11 is 0. The Balaban J connectivity index is 1.74. The molecule has 4 aliphatic rings. The lowest BCUT2D eigenvalue weighted by Gasteiger charge is -2.58. The van der Waals surface area contributed by atoms with E-state index in [1.807, 2.05) is 6.92 Å². The molecule has 0 spiro atoms. The van der Waals surface area contributed by atoms with Crippen molar-refractivity contribution in [2.75, 3.05) is 6.61 Å². The molecule has 4 rings (SSSR count). The highest BCUT2D eigenvalue weighted by Crippen LogP contribution is 2.66. The van der Waals surface area contributed by atoms with Crippen LogP contribution in [0.4, 0.5) is 0 Å².